The normalized spacial score (nSPS) is 11.7. The predicted molar refractivity (Wildman–Crippen MR) is 210 cm³/mol. The second kappa shape index (κ2) is 12.1. The van der Waals surface area contributed by atoms with Crippen molar-refractivity contribution in [3.05, 3.63) is 194 Å². The van der Waals surface area contributed by atoms with Gasteiger partial charge < -0.3 is 9.73 Å². The number of para-hydroxylation sites is 1. The third-order valence-corrected chi connectivity index (χ3v) is 14.6. The van der Waals surface area contributed by atoms with Gasteiger partial charge in [-0.2, -0.15) is 0 Å². The summed E-state index contributed by atoms with van der Waals surface area (Å²) in [6, 6.07) is 70.3. The largest absolute Gasteiger partial charge is 0.454 e. The van der Waals surface area contributed by atoms with E-state index in [1.807, 2.05) is 12.1 Å². The summed E-state index contributed by atoms with van der Waals surface area (Å²) in [5, 5.41) is 13.8. The molecule has 9 rings (SSSR count). The number of furan rings is 1. The summed E-state index contributed by atoms with van der Waals surface area (Å²) in [6.45, 7) is 0. The van der Waals surface area contributed by atoms with Crippen molar-refractivity contribution in [1.82, 2.24) is 0 Å². The molecule has 0 fully saturated rings. The van der Waals surface area contributed by atoms with Crippen LogP contribution in [0, 0.1) is 0 Å². The molecule has 49 heavy (non-hydrogen) atoms. The quantitative estimate of drug-likeness (QED) is 0.138. The van der Waals surface area contributed by atoms with Gasteiger partial charge in [0, 0.05) is 21.8 Å². The van der Waals surface area contributed by atoms with Crippen LogP contribution in [0.15, 0.2) is 199 Å². The topological polar surface area (TPSA) is 25.2 Å². The highest BCUT2D eigenvalue weighted by Gasteiger charge is 2.41. The molecule has 0 bridgehead atoms. The molecule has 0 saturated heterocycles. The maximum atomic E-state index is 6.51. The smallest absolute Gasteiger partial charge is 0.179 e. The fraction of sp³-hybridized carbons (Fsp3) is 0. The molecule has 0 saturated carbocycles. The lowest BCUT2D eigenvalue weighted by Crippen LogP contribution is -2.74. The SMILES string of the molecule is c1ccc([Si](c2ccccc2)(c2ccccc2)c2ccc(-c3cc(Nc4cccc5ccccc45)c4oc5ccccc5c4c3)cc2)cc1. The van der Waals surface area contributed by atoms with Crippen LogP contribution in [-0.2, 0) is 0 Å². The molecule has 9 aromatic rings. The van der Waals surface area contributed by atoms with Gasteiger partial charge in [-0.1, -0.05) is 170 Å². The fourth-order valence-electron chi connectivity index (χ4n) is 7.54. The molecule has 0 radical (unpaired) electrons. The van der Waals surface area contributed by atoms with Crippen molar-refractivity contribution < 1.29 is 4.42 Å². The molecule has 1 N–H and O–H groups in total. The second-order valence-electron chi connectivity index (χ2n) is 12.6. The lowest BCUT2D eigenvalue weighted by molar-refractivity contribution is 0.670. The van der Waals surface area contributed by atoms with Crippen LogP contribution >= 0.6 is 0 Å². The van der Waals surface area contributed by atoms with E-state index < -0.39 is 8.07 Å². The molecule has 0 spiro atoms. The first-order valence-electron chi connectivity index (χ1n) is 16.8. The highest BCUT2D eigenvalue weighted by atomic mass is 28.3. The van der Waals surface area contributed by atoms with Crippen LogP contribution in [0.25, 0.3) is 43.8 Å². The number of anilines is 2. The number of rotatable bonds is 7. The Morgan fingerprint density at radius 3 is 1.55 bits per heavy atom. The average molecular weight is 644 g/mol. The van der Waals surface area contributed by atoms with Crippen molar-refractivity contribution in [1.29, 1.82) is 0 Å². The van der Waals surface area contributed by atoms with Gasteiger partial charge in [0.1, 0.15) is 5.58 Å². The molecular weight excluding hydrogens is 611 g/mol. The summed E-state index contributed by atoms with van der Waals surface area (Å²) in [7, 11) is -2.61. The average Bonchev–Trinajstić information content (AvgIpc) is 3.56. The Bertz CT molecular complexity index is 2460. The number of benzene rings is 8. The van der Waals surface area contributed by atoms with Crippen molar-refractivity contribution in [2.75, 3.05) is 5.32 Å². The first kappa shape index (κ1) is 29.0. The lowest BCUT2D eigenvalue weighted by atomic mass is 10.0. The Balaban J connectivity index is 1.23. The summed E-state index contributed by atoms with van der Waals surface area (Å²) >= 11 is 0. The maximum absolute atomic E-state index is 6.51. The zero-order valence-electron chi connectivity index (χ0n) is 26.9. The Morgan fingerprint density at radius 1 is 0.367 bits per heavy atom. The highest BCUT2D eigenvalue weighted by molar-refractivity contribution is 7.19. The third-order valence-electron chi connectivity index (χ3n) is 9.81. The van der Waals surface area contributed by atoms with E-state index in [0.717, 1.165) is 44.4 Å². The predicted octanol–water partition coefficient (Wildman–Crippen LogP) is 9.53. The van der Waals surface area contributed by atoms with Crippen molar-refractivity contribution >= 4 is 72.9 Å². The zero-order chi connectivity index (χ0) is 32.6. The lowest BCUT2D eigenvalue weighted by Gasteiger charge is -2.34. The number of nitrogens with one attached hydrogen (secondary N) is 1. The molecule has 3 heteroatoms. The van der Waals surface area contributed by atoms with Crippen LogP contribution in [0.1, 0.15) is 0 Å². The van der Waals surface area contributed by atoms with Gasteiger partial charge in [0.15, 0.2) is 13.7 Å². The van der Waals surface area contributed by atoms with Gasteiger partial charge in [0.2, 0.25) is 0 Å². The van der Waals surface area contributed by atoms with E-state index in [1.54, 1.807) is 0 Å². The van der Waals surface area contributed by atoms with Crippen LogP contribution in [0.4, 0.5) is 11.4 Å². The monoisotopic (exact) mass is 643 g/mol. The Labute approximate surface area is 286 Å². The summed E-state index contributed by atoms with van der Waals surface area (Å²) in [4.78, 5) is 0. The molecule has 2 nitrogen and oxygen atoms in total. The summed E-state index contributed by atoms with van der Waals surface area (Å²) in [5.41, 5.74) is 6.05. The van der Waals surface area contributed by atoms with E-state index >= 15 is 0 Å². The Morgan fingerprint density at radius 2 is 0.898 bits per heavy atom. The van der Waals surface area contributed by atoms with Crippen molar-refractivity contribution in [3.63, 3.8) is 0 Å². The summed E-state index contributed by atoms with van der Waals surface area (Å²) in [6.07, 6.45) is 0. The van der Waals surface area contributed by atoms with Gasteiger partial charge in [-0.05, 0) is 61.5 Å². The van der Waals surface area contributed by atoms with Gasteiger partial charge in [-0.25, -0.2) is 0 Å². The van der Waals surface area contributed by atoms with Crippen LogP contribution in [-0.4, -0.2) is 8.07 Å². The van der Waals surface area contributed by atoms with Gasteiger partial charge in [0.25, 0.3) is 0 Å². The van der Waals surface area contributed by atoms with Crippen molar-refractivity contribution in [2.24, 2.45) is 0 Å². The molecule has 0 atom stereocenters. The molecule has 1 aromatic heterocycles. The highest BCUT2D eigenvalue weighted by Crippen LogP contribution is 2.39. The molecule has 0 unspecified atom stereocenters. The van der Waals surface area contributed by atoms with Crippen LogP contribution in [0.2, 0.25) is 0 Å². The molecular formula is C46H33NOSi. The molecule has 0 aliphatic heterocycles. The van der Waals surface area contributed by atoms with Gasteiger partial charge in [-0.3, -0.25) is 0 Å². The molecule has 1 heterocycles. The third kappa shape index (κ3) is 4.95. The summed E-state index contributed by atoms with van der Waals surface area (Å²) < 4.78 is 6.51. The van der Waals surface area contributed by atoms with Crippen LogP contribution in [0.5, 0.6) is 0 Å². The van der Waals surface area contributed by atoms with Crippen LogP contribution in [0.3, 0.4) is 0 Å². The van der Waals surface area contributed by atoms with Gasteiger partial charge in [0.05, 0.1) is 5.69 Å². The molecule has 0 amide bonds. The van der Waals surface area contributed by atoms with E-state index in [0.29, 0.717) is 0 Å². The van der Waals surface area contributed by atoms with E-state index in [9.17, 15) is 0 Å². The maximum Gasteiger partial charge on any atom is 0.179 e. The Kier molecular flexibility index (Phi) is 7.18. The molecule has 0 aliphatic carbocycles. The molecule has 232 valence electrons. The van der Waals surface area contributed by atoms with Crippen molar-refractivity contribution in [3.8, 4) is 11.1 Å². The summed E-state index contributed by atoms with van der Waals surface area (Å²) in [5.74, 6) is 0. The minimum atomic E-state index is -2.61. The minimum absolute atomic E-state index is 0.859. The van der Waals surface area contributed by atoms with Gasteiger partial charge in [-0.15, -0.1) is 0 Å². The molecule has 0 aliphatic rings. The van der Waals surface area contributed by atoms with Crippen molar-refractivity contribution in [2.45, 2.75) is 0 Å². The Hall–Kier alpha value is -6.16. The first-order valence-corrected chi connectivity index (χ1v) is 18.8. The number of hydrogen-bond acceptors (Lipinski definition) is 2. The van der Waals surface area contributed by atoms with E-state index in [4.69, 9.17) is 4.42 Å². The van der Waals surface area contributed by atoms with Gasteiger partial charge >= 0.3 is 0 Å². The second-order valence-corrected chi connectivity index (χ2v) is 16.4. The number of fused-ring (bicyclic) bond motifs is 4. The van der Waals surface area contributed by atoms with E-state index in [-0.39, 0.29) is 0 Å². The molecule has 8 aromatic carbocycles. The fourth-order valence-corrected chi connectivity index (χ4v) is 12.3. The first-order chi connectivity index (χ1) is 24.3. The minimum Gasteiger partial charge on any atom is -0.454 e. The van der Waals surface area contributed by atoms with Crippen LogP contribution < -0.4 is 26.1 Å². The van der Waals surface area contributed by atoms with E-state index in [2.05, 4.69) is 187 Å². The zero-order valence-corrected chi connectivity index (χ0v) is 27.9. The number of hydrogen-bond donors (Lipinski definition) is 1. The standard InChI is InChI=1S/C46H33NOSi/c1-4-17-36(18-5-1)49(37-19-6-2-7-20-37,38-21-8-3-9-22-38)39-29-27-33(28-30-39)35-31-42-41-24-12-13-26-45(41)48-46(42)44(32-35)47-43-25-14-16-34-15-10-11-23-40(34)43/h1-32,47H. The van der Waals surface area contributed by atoms with E-state index in [1.165, 1.54) is 31.5 Å².